The Morgan fingerprint density at radius 3 is 2.75 bits per heavy atom. The molecule has 0 spiro atoms. The quantitative estimate of drug-likeness (QED) is 0.856. The van der Waals surface area contributed by atoms with Crippen molar-refractivity contribution in [1.82, 2.24) is 10.2 Å². The first-order chi connectivity index (χ1) is 11.4. The van der Waals surface area contributed by atoms with Gasteiger partial charge in [-0.15, -0.1) is 0 Å². The Balaban J connectivity index is 2.09. The molecule has 6 heteroatoms. The van der Waals surface area contributed by atoms with Crippen LogP contribution in [0.25, 0.3) is 0 Å². The second-order valence-electron chi connectivity index (χ2n) is 6.49. The lowest BCUT2D eigenvalue weighted by Crippen LogP contribution is -2.42. The van der Waals surface area contributed by atoms with Crippen molar-refractivity contribution >= 4 is 29.1 Å². The van der Waals surface area contributed by atoms with E-state index >= 15 is 0 Å². The third kappa shape index (κ3) is 4.48. The molecule has 2 atom stereocenters. The molecule has 0 aromatic heterocycles. The van der Waals surface area contributed by atoms with E-state index in [0.29, 0.717) is 22.8 Å². The number of anilines is 1. The minimum absolute atomic E-state index is 0.0337. The molecule has 1 aliphatic rings. The van der Waals surface area contributed by atoms with Gasteiger partial charge in [-0.1, -0.05) is 18.5 Å². The Bertz CT molecular complexity index is 606. The van der Waals surface area contributed by atoms with Crippen molar-refractivity contribution in [3.8, 4) is 0 Å². The topological polar surface area (TPSA) is 61.4 Å². The third-order valence-corrected chi connectivity index (χ3v) is 4.80. The number of piperidine rings is 1. The molecule has 1 aromatic rings. The summed E-state index contributed by atoms with van der Waals surface area (Å²) in [5.74, 6) is -0.262. The van der Waals surface area contributed by atoms with Crippen LogP contribution in [0.1, 0.15) is 43.5 Å². The summed E-state index contributed by atoms with van der Waals surface area (Å²) in [7, 11) is 1.81. The number of carbonyl (C=O) groups is 2. The molecular weight excluding hydrogens is 326 g/mol. The Kier molecular flexibility index (Phi) is 6.63. The first kappa shape index (κ1) is 18.7. The minimum atomic E-state index is -0.149. The lowest BCUT2D eigenvalue weighted by Gasteiger charge is -2.33. The van der Waals surface area contributed by atoms with E-state index in [1.54, 1.807) is 18.2 Å². The van der Waals surface area contributed by atoms with E-state index in [1.165, 1.54) is 0 Å². The zero-order valence-electron chi connectivity index (χ0n) is 14.6. The van der Waals surface area contributed by atoms with Gasteiger partial charge in [0.05, 0.1) is 10.6 Å². The fourth-order valence-electron chi connectivity index (χ4n) is 2.99. The van der Waals surface area contributed by atoms with E-state index in [0.717, 1.165) is 25.8 Å². The SMILES string of the molecule is CNCC(C)C(=O)Nc1ccc(C(=O)N2CCCCC2C)c(Cl)c1. The second-order valence-corrected chi connectivity index (χ2v) is 6.89. The molecule has 1 fully saturated rings. The molecular formula is C18H26ClN3O2. The molecule has 2 unspecified atom stereocenters. The largest absolute Gasteiger partial charge is 0.336 e. The van der Waals surface area contributed by atoms with Gasteiger partial charge in [-0.05, 0) is 51.4 Å². The van der Waals surface area contributed by atoms with E-state index in [1.807, 2.05) is 18.9 Å². The standard InChI is InChI=1S/C18H26ClN3O2/c1-12(11-20-3)17(23)21-14-7-8-15(16(19)10-14)18(24)22-9-5-4-6-13(22)2/h7-8,10,12-13,20H,4-6,9,11H2,1-3H3,(H,21,23). The summed E-state index contributed by atoms with van der Waals surface area (Å²) >= 11 is 6.30. The maximum Gasteiger partial charge on any atom is 0.255 e. The maximum absolute atomic E-state index is 12.7. The normalized spacial score (nSPS) is 19.0. The number of nitrogens with one attached hydrogen (secondary N) is 2. The van der Waals surface area contributed by atoms with Crippen molar-refractivity contribution in [3.63, 3.8) is 0 Å². The first-order valence-corrected chi connectivity index (χ1v) is 8.87. The average molecular weight is 352 g/mol. The van der Waals surface area contributed by atoms with Crippen LogP contribution in [0.15, 0.2) is 18.2 Å². The number of amides is 2. The van der Waals surface area contributed by atoms with Crippen molar-refractivity contribution in [2.24, 2.45) is 5.92 Å². The van der Waals surface area contributed by atoms with Crippen molar-refractivity contribution in [3.05, 3.63) is 28.8 Å². The van der Waals surface area contributed by atoms with Crippen LogP contribution >= 0.6 is 11.6 Å². The molecule has 1 aromatic carbocycles. The van der Waals surface area contributed by atoms with Gasteiger partial charge in [0.15, 0.2) is 0 Å². The van der Waals surface area contributed by atoms with Crippen LogP contribution in [-0.4, -0.2) is 42.9 Å². The van der Waals surface area contributed by atoms with Gasteiger partial charge in [0.1, 0.15) is 0 Å². The van der Waals surface area contributed by atoms with Crippen molar-refractivity contribution in [2.45, 2.75) is 39.2 Å². The number of nitrogens with zero attached hydrogens (tertiary/aromatic N) is 1. The highest BCUT2D eigenvalue weighted by Gasteiger charge is 2.25. The highest BCUT2D eigenvalue weighted by Crippen LogP contribution is 2.26. The predicted molar refractivity (Wildman–Crippen MR) is 97.5 cm³/mol. The molecule has 24 heavy (non-hydrogen) atoms. The third-order valence-electron chi connectivity index (χ3n) is 4.49. The minimum Gasteiger partial charge on any atom is -0.336 e. The molecule has 2 N–H and O–H groups in total. The van der Waals surface area contributed by atoms with Gasteiger partial charge < -0.3 is 15.5 Å². The van der Waals surface area contributed by atoms with Gasteiger partial charge >= 0.3 is 0 Å². The zero-order chi connectivity index (χ0) is 17.7. The van der Waals surface area contributed by atoms with E-state index in [-0.39, 0.29) is 23.8 Å². The van der Waals surface area contributed by atoms with Gasteiger partial charge in [0.2, 0.25) is 5.91 Å². The van der Waals surface area contributed by atoms with Crippen LogP contribution < -0.4 is 10.6 Å². The van der Waals surface area contributed by atoms with E-state index in [4.69, 9.17) is 11.6 Å². The number of hydrogen-bond acceptors (Lipinski definition) is 3. The molecule has 5 nitrogen and oxygen atoms in total. The number of hydrogen-bond donors (Lipinski definition) is 2. The van der Waals surface area contributed by atoms with Crippen LogP contribution in [0.3, 0.4) is 0 Å². The summed E-state index contributed by atoms with van der Waals surface area (Å²) in [6, 6.07) is 5.32. The Hall–Kier alpha value is -1.59. The van der Waals surface area contributed by atoms with Crippen LogP contribution in [0.4, 0.5) is 5.69 Å². The van der Waals surface area contributed by atoms with Gasteiger partial charge in [-0.2, -0.15) is 0 Å². The summed E-state index contributed by atoms with van der Waals surface area (Å²) in [6.07, 6.45) is 3.22. The van der Waals surface area contributed by atoms with Crippen molar-refractivity contribution in [1.29, 1.82) is 0 Å². The smallest absolute Gasteiger partial charge is 0.255 e. The number of likely N-dealkylation sites (tertiary alicyclic amines) is 1. The van der Waals surface area contributed by atoms with Gasteiger partial charge in [0.25, 0.3) is 5.91 Å². The van der Waals surface area contributed by atoms with Crippen molar-refractivity contribution in [2.75, 3.05) is 25.5 Å². The number of rotatable bonds is 5. The van der Waals surface area contributed by atoms with Crippen LogP contribution in [-0.2, 0) is 4.79 Å². The predicted octanol–water partition coefficient (Wildman–Crippen LogP) is 3.15. The summed E-state index contributed by atoms with van der Waals surface area (Å²) in [5, 5.41) is 6.18. The van der Waals surface area contributed by atoms with Gasteiger partial charge in [-0.3, -0.25) is 9.59 Å². The highest BCUT2D eigenvalue weighted by molar-refractivity contribution is 6.34. The lowest BCUT2D eigenvalue weighted by molar-refractivity contribution is -0.119. The number of halogens is 1. The zero-order valence-corrected chi connectivity index (χ0v) is 15.3. The molecule has 1 saturated heterocycles. The molecule has 0 bridgehead atoms. The summed E-state index contributed by atoms with van der Waals surface area (Å²) in [6.45, 7) is 5.30. The average Bonchev–Trinajstić information content (AvgIpc) is 2.55. The monoisotopic (exact) mass is 351 g/mol. The Morgan fingerprint density at radius 1 is 1.38 bits per heavy atom. The van der Waals surface area contributed by atoms with E-state index in [9.17, 15) is 9.59 Å². The summed E-state index contributed by atoms with van der Waals surface area (Å²) < 4.78 is 0. The Morgan fingerprint density at radius 2 is 2.12 bits per heavy atom. The van der Waals surface area contributed by atoms with Crippen LogP contribution in [0.2, 0.25) is 5.02 Å². The van der Waals surface area contributed by atoms with E-state index in [2.05, 4.69) is 17.6 Å². The fraction of sp³-hybridized carbons (Fsp3) is 0.556. The molecule has 0 radical (unpaired) electrons. The van der Waals surface area contributed by atoms with Crippen LogP contribution in [0, 0.1) is 5.92 Å². The fourth-order valence-corrected chi connectivity index (χ4v) is 3.25. The number of benzene rings is 1. The first-order valence-electron chi connectivity index (χ1n) is 8.50. The number of carbonyl (C=O) groups excluding carboxylic acids is 2. The summed E-state index contributed by atoms with van der Waals surface area (Å²) in [5.41, 5.74) is 1.10. The summed E-state index contributed by atoms with van der Waals surface area (Å²) in [4.78, 5) is 26.6. The molecule has 1 heterocycles. The Labute approximate surface area is 148 Å². The lowest BCUT2D eigenvalue weighted by atomic mass is 10.0. The molecule has 0 aliphatic carbocycles. The van der Waals surface area contributed by atoms with Crippen molar-refractivity contribution < 1.29 is 9.59 Å². The van der Waals surface area contributed by atoms with Gasteiger partial charge in [0, 0.05) is 30.7 Å². The van der Waals surface area contributed by atoms with Gasteiger partial charge in [-0.25, -0.2) is 0 Å². The van der Waals surface area contributed by atoms with Crippen LogP contribution in [0.5, 0.6) is 0 Å². The maximum atomic E-state index is 12.7. The second kappa shape index (κ2) is 8.49. The van der Waals surface area contributed by atoms with E-state index < -0.39 is 0 Å². The molecule has 132 valence electrons. The molecule has 1 aliphatic heterocycles. The highest BCUT2D eigenvalue weighted by atomic mass is 35.5. The molecule has 0 saturated carbocycles. The molecule has 2 rings (SSSR count). The molecule has 2 amide bonds.